The van der Waals surface area contributed by atoms with Gasteiger partial charge in [-0.2, -0.15) is 0 Å². The summed E-state index contributed by atoms with van der Waals surface area (Å²) in [6.45, 7) is 6.87. The van der Waals surface area contributed by atoms with Crippen LogP contribution in [0.15, 0.2) is 24.3 Å². The van der Waals surface area contributed by atoms with E-state index in [9.17, 15) is 0 Å². The highest BCUT2D eigenvalue weighted by Gasteiger charge is 2.37. The molecule has 94 valence electrons. The minimum absolute atomic E-state index is 0.329. The molecule has 1 aliphatic rings. The molecule has 1 aromatic carbocycles. The highest BCUT2D eigenvalue weighted by molar-refractivity contribution is 5.37. The summed E-state index contributed by atoms with van der Waals surface area (Å²) in [6, 6.07) is 9.35. The number of nitrogens with zero attached hydrogens (tertiary/aromatic N) is 1. The summed E-state index contributed by atoms with van der Waals surface area (Å²) in [4.78, 5) is 2.22. The lowest BCUT2D eigenvalue weighted by Gasteiger charge is -2.29. The van der Waals surface area contributed by atoms with Gasteiger partial charge in [-0.05, 0) is 37.1 Å². The van der Waals surface area contributed by atoms with Gasteiger partial charge in [0.2, 0.25) is 0 Å². The summed E-state index contributed by atoms with van der Waals surface area (Å²) < 4.78 is 0. The molecule has 0 saturated heterocycles. The number of likely N-dealkylation sites (N-methyl/N-ethyl adjacent to an activating group) is 1. The molecule has 2 rings (SSSR count). The van der Waals surface area contributed by atoms with Crippen molar-refractivity contribution in [3.63, 3.8) is 0 Å². The number of hydrogen-bond acceptors (Lipinski definition) is 2. The smallest absolute Gasteiger partial charge is 0.0378 e. The largest absolute Gasteiger partial charge is 0.308 e. The first-order chi connectivity index (χ1) is 8.00. The summed E-state index contributed by atoms with van der Waals surface area (Å²) in [5.74, 6) is 0. The van der Waals surface area contributed by atoms with Crippen LogP contribution in [0.3, 0.4) is 0 Å². The van der Waals surface area contributed by atoms with Crippen molar-refractivity contribution in [2.75, 3.05) is 27.2 Å². The molecule has 0 saturated carbocycles. The van der Waals surface area contributed by atoms with Crippen molar-refractivity contribution >= 4 is 0 Å². The summed E-state index contributed by atoms with van der Waals surface area (Å²) >= 11 is 0. The van der Waals surface area contributed by atoms with Crippen molar-refractivity contribution in [1.29, 1.82) is 0 Å². The van der Waals surface area contributed by atoms with Crippen LogP contribution in [0.1, 0.15) is 31.0 Å². The molecule has 1 N–H and O–H groups in total. The van der Waals surface area contributed by atoms with Crippen molar-refractivity contribution in [3.8, 4) is 0 Å². The maximum atomic E-state index is 3.72. The minimum atomic E-state index is 0.329. The molecule has 0 spiro atoms. The highest BCUT2D eigenvalue weighted by atomic mass is 15.1. The van der Waals surface area contributed by atoms with Gasteiger partial charge < -0.3 is 10.2 Å². The molecule has 1 aliphatic carbocycles. The van der Waals surface area contributed by atoms with Gasteiger partial charge in [0.1, 0.15) is 0 Å². The standard InChI is InChI=1S/C15H24N2/c1-15(2)11-12-7-5-6-8-13(12)14(15)16-9-10-17(3)4/h5-8,14,16H,9-11H2,1-4H3. The Morgan fingerprint density at radius 3 is 2.71 bits per heavy atom. The van der Waals surface area contributed by atoms with Gasteiger partial charge in [0.15, 0.2) is 0 Å². The van der Waals surface area contributed by atoms with E-state index in [4.69, 9.17) is 0 Å². The molecule has 1 unspecified atom stereocenters. The van der Waals surface area contributed by atoms with Gasteiger partial charge in [-0.25, -0.2) is 0 Å². The first-order valence-electron chi connectivity index (χ1n) is 6.46. The molecule has 2 nitrogen and oxygen atoms in total. The Hall–Kier alpha value is -0.860. The number of fused-ring (bicyclic) bond motifs is 1. The van der Waals surface area contributed by atoms with Crippen LogP contribution in [0.4, 0.5) is 0 Å². The van der Waals surface area contributed by atoms with E-state index in [1.165, 1.54) is 17.5 Å². The zero-order valence-electron chi connectivity index (χ0n) is 11.5. The number of rotatable bonds is 4. The Bertz CT molecular complexity index is 382. The van der Waals surface area contributed by atoms with Crippen LogP contribution < -0.4 is 5.32 Å². The van der Waals surface area contributed by atoms with Gasteiger partial charge in [-0.15, -0.1) is 0 Å². The zero-order valence-corrected chi connectivity index (χ0v) is 11.5. The van der Waals surface area contributed by atoms with Gasteiger partial charge in [-0.1, -0.05) is 38.1 Å². The molecule has 0 bridgehead atoms. The fraction of sp³-hybridized carbons (Fsp3) is 0.600. The average Bonchev–Trinajstić information content (AvgIpc) is 2.49. The molecule has 1 aromatic rings. The van der Waals surface area contributed by atoms with Crippen molar-refractivity contribution in [1.82, 2.24) is 10.2 Å². The monoisotopic (exact) mass is 232 g/mol. The van der Waals surface area contributed by atoms with E-state index < -0.39 is 0 Å². The predicted octanol–water partition coefficient (Wildman–Crippen LogP) is 2.46. The van der Waals surface area contributed by atoms with Crippen LogP contribution in [-0.4, -0.2) is 32.1 Å². The van der Waals surface area contributed by atoms with Crippen LogP contribution in [0, 0.1) is 5.41 Å². The van der Waals surface area contributed by atoms with Gasteiger partial charge in [0.25, 0.3) is 0 Å². The van der Waals surface area contributed by atoms with E-state index in [0.717, 1.165) is 13.1 Å². The molecule has 0 heterocycles. The maximum absolute atomic E-state index is 3.72. The van der Waals surface area contributed by atoms with Crippen molar-refractivity contribution < 1.29 is 0 Å². The van der Waals surface area contributed by atoms with E-state index in [1.807, 2.05) is 0 Å². The number of hydrogen-bond donors (Lipinski definition) is 1. The van der Waals surface area contributed by atoms with Crippen LogP contribution in [0.25, 0.3) is 0 Å². The molecule has 2 heteroatoms. The van der Waals surface area contributed by atoms with Crippen LogP contribution in [0.5, 0.6) is 0 Å². The van der Waals surface area contributed by atoms with Crippen molar-refractivity contribution in [2.45, 2.75) is 26.3 Å². The van der Waals surface area contributed by atoms with Crippen LogP contribution >= 0.6 is 0 Å². The molecular formula is C15H24N2. The highest BCUT2D eigenvalue weighted by Crippen LogP contribution is 2.44. The van der Waals surface area contributed by atoms with Gasteiger partial charge in [-0.3, -0.25) is 0 Å². The number of benzene rings is 1. The van der Waals surface area contributed by atoms with E-state index >= 15 is 0 Å². The molecular weight excluding hydrogens is 208 g/mol. The summed E-state index contributed by atoms with van der Waals surface area (Å²) in [6.07, 6.45) is 1.18. The Balaban J connectivity index is 2.09. The van der Waals surface area contributed by atoms with E-state index in [0.29, 0.717) is 11.5 Å². The quantitative estimate of drug-likeness (QED) is 0.858. The first-order valence-corrected chi connectivity index (χ1v) is 6.46. The summed E-state index contributed by atoms with van der Waals surface area (Å²) in [5.41, 5.74) is 3.34. The lowest BCUT2D eigenvalue weighted by molar-refractivity contribution is 0.260. The molecule has 0 fully saturated rings. The lowest BCUT2D eigenvalue weighted by Crippen LogP contribution is -2.35. The third-order valence-electron chi connectivity index (χ3n) is 3.70. The van der Waals surface area contributed by atoms with E-state index in [2.05, 4.69) is 62.4 Å². The molecule has 0 radical (unpaired) electrons. The maximum Gasteiger partial charge on any atom is 0.0378 e. The lowest BCUT2D eigenvalue weighted by atomic mass is 9.85. The third-order valence-corrected chi connectivity index (χ3v) is 3.70. The van der Waals surface area contributed by atoms with Crippen molar-refractivity contribution in [3.05, 3.63) is 35.4 Å². The van der Waals surface area contributed by atoms with Gasteiger partial charge >= 0.3 is 0 Å². The Morgan fingerprint density at radius 2 is 2.00 bits per heavy atom. The van der Waals surface area contributed by atoms with E-state index in [1.54, 1.807) is 0 Å². The second kappa shape index (κ2) is 4.79. The van der Waals surface area contributed by atoms with Gasteiger partial charge in [0.05, 0.1) is 0 Å². The minimum Gasteiger partial charge on any atom is -0.308 e. The molecule has 0 amide bonds. The normalized spacial score (nSPS) is 21.8. The van der Waals surface area contributed by atoms with E-state index in [-0.39, 0.29) is 0 Å². The number of nitrogens with one attached hydrogen (secondary N) is 1. The molecule has 0 aromatic heterocycles. The fourth-order valence-corrected chi connectivity index (χ4v) is 2.81. The first kappa shape index (κ1) is 12.6. The Morgan fingerprint density at radius 1 is 1.29 bits per heavy atom. The zero-order chi connectivity index (χ0) is 12.5. The Labute approximate surface area is 105 Å². The summed E-state index contributed by atoms with van der Waals surface area (Å²) in [5, 5.41) is 3.72. The second-order valence-electron chi connectivity index (χ2n) is 6.05. The predicted molar refractivity (Wildman–Crippen MR) is 73.2 cm³/mol. The van der Waals surface area contributed by atoms with Crippen LogP contribution in [0.2, 0.25) is 0 Å². The fourth-order valence-electron chi connectivity index (χ4n) is 2.81. The van der Waals surface area contributed by atoms with Gasteiger partial charge in [0, 0.05) is 19.1 Å². The van der Waals surface area contributed by atoms with Crippen LogP contribution in [-0.2, 0) is 6.42 Å². The third kappa shape index (κ3) is 2.70. The molecule has 17 heavy (non-hydrogen) atoms. The summed E-state index contributed by atoms with van der Waals surface area (Å²) in [7, 11) is 4.24. The van der Waals surface area contributed by atoms with Crippen molar-refractivity contribution in [2.24, 2.45) is 5.41 Å². The molecule has 1 atom stereocenters. The molecule has 0 aliphatic heterocycles. The average molecular weight is 232 g/mol. The Kier molecular flexibility index (Phi) is 3.55. The second-order valence-corrected chi connectivity index (χ2v) is 6.05. The topological polar surface area (TPSA) is 15.3 Å². The SMILES string of the molecule is CN(C)CCNC1c2ccccc2CC1(C)C.